The molecule has 0 bridgehead atoms. The predicted octanol–water partition coefficient (Wildman–Crippen LogP) is 2.26. The highest BCUT2D eigenvalue weighted by Gasteiger charge is 2.26. The Morgan fingerprint density at radius 1 is 1.20 bits per heavy atom. The number of amides is 1. The zero-order valence-electron chi connectivity index (χ0n) is 15.1. The molecule has 6 heteroatoms. The molecule has 0 saturated carbocycles. The van der Waals surface area contributed by atoms with Gasteiger partial charge in [-0.15, -0.1) is 0 Å². The van der Waals surface area contributed by atoms with Crippen LogP contribution in [0.2, 0.25) is 0 Å². The van der Waals surface area contributed by atoms with Gasteiger partial charge >= 0.3 is 11.9 Å². The van der Waals surface area contributed by atoms with Crippen molar-refractivity contribution in [3.8, 4) is 0 Å². The van der Waals surface area contributed by atoms with Gasteiger partial charge in [-0.2, -0.15) is 0 Å². The van der Waals surface area contributed by atoms with Crippen molar-refractivity contribution >= 4 is 23.9 Å². The maximum absolute atomic E-state index is 11.9. The average molecular weight is 347 g/mol. The molecule has 1 amide bonds. The minimum atomic E-state index is -0.760. The number of carbonyl (C=O) groups excluding carboxylic acids is 3. The Labute approximate surface area is 148 Å². The van der Waals surface area contributed by atoms with E-state index in [1.165, 1.54) is 13.2 Å². The molecule has 1 N–H and O–H groups in total. The first-order valence-electron chi connectivity index (χ1n) is 8.16. The second kappa shape index (κ2) is 10.3. The zero-order valence-corrected chi connectivity index (χ0v) is 15.1. The van der Waals surface area contributed by atoms with Crippen molar-refractivity contribution < 1.29 is 23.9 Å². The van der Waals surface area contributed by atoms with E-state index in [0.717, 1.165) is 11.1 Å². The van der Waals surface area contributed by atoms with E-state index in [2.05, 4.69) is 10.1 Å². The van der Waals surface area contributed by atoms with Crippen LogP contribution in [0.3, 0.4) is 0 Å². The van der Waals surface area contributed by atoms with Gasteiger partial charge in [-0.1, -0.05) is 50.1 Å². The van der Waals surface area contributed by atoms with Crippen LogP contribution in [0, 0.1) is 12.8 Å². The van der Waals surface area contributed by atoms with Crippen molar-refractivity contribution in [3.63, 3.8) is 0 Å². The Kier molecular flexibility index (Phi) is 8.39. The van der Waals surface area contributed by atoms with Crippen LogP contribution in [-0.2, 0) is 23.9 Å². The zero-order chi connectivity index (χ0) is 18.8. The third-order valence-electron chi connectivity index (χ3n) is 3.82. The summed E-state index contributed by atoms with van der Waals surface area (Å²) in [5.41, 5.74) is 1.98. The molecular weight excluding hydrogens is 322 g/mol. The van der Waals surface area contributed by atoms with Crippen molar-refractivity contribution in [1.82, 2.24) is 5.32 Å². The molecule has 136 valence electrons. The first-order valence-corrected chi connectivity index (χ1v) is 8.16. The van der Waals surface area contributed by atoms with Crippen LogP contribution in [-0.4, -0.2) is 37.6 Å². The van der Waals surface area contributed by atoms with Crippen molar-refractivity contribution in [1.29, 1.82) is 0 Å². The van der Waals surface area contributed by atoms with Crippen molar-refractivity contribution in [2.45, 2.75) is 33.2 Å². The minimum Gasteiger partial charge on any atom is -0.467 e. The monoisotopic (exact) mass is 347 g/mol. The molecule has 1 aromatic rings. The van der Waals surface area contributed by atoms with Crippen LogP contribution in [0.1, 0.15) is 31.4 Å². The lowest BCUT2D eigenvalue weighted by molar-refractivity contribution is -0.148. The van der Waals surface area contributed by atoms with E-state index >= 15 is 0 Å². The van der Waals surface area contributed by atoms with E-state index in [1.807, 2.05) is 45.0 Å². The first kappa shape index (κ1) is 20.4. The summed E-state index contributed by atoms with van der Waals surface area (Å²) in [7, 11) is 1.26. The van der Waals surface area contributed by atoms with Crippen LogP contribution < -0.4 is 5.32 Å². The SMILES string of the molecule is CC[C@@H](C)[C@@H](NC(=O)COC(=O)/C=C/c1ccc(C)cc1)C(=O)OC. The van der Waals surface area contributed by atoms with Gasteiger partial charge in [0.1, 0.15) is 6.04 Å². The maximum atomic E-state index is 11.9. The van der Waals surface area contributed by atoms with E-state index in [4.69, 9.17) is 4.74 Å². The second-order valence-electron chi connectivity index (χ2n) is 5.81. The fourth-order valence-corrected chi connectivity index (χ4v) is 2.04. The summed E-state index contributed by atoms with van der Waals surface area (Å²) in [6.45, 7) is 5.25. The normalized spacial score (nSPS) is 13.1. The number of ether oxygens (including phenoxy) is 2. The summed E-state index contributed by atoms with van der Waals surface area (Å²) >= 11 is 0. The molecule has 0 aromatic heterocycles. The molecule has 0 radical (unpaired) electrons. The van der Waals surface area contributed by atoms with E-state index in [9.17, 15) is 14.4 Å². The summed E-state index contributed by atoms with van der Waals surface area (Å²) in [5, 5.41) is 2.54. The van der Waals surface area contributed by atoms with E-state index in [0.29, 0.717) is 6.42 Å². The lowest BCUT2D eigenvalue weighted by Crippen LogP contribution is -2.47. The fourth-order valence-electron chi connectivity index (χ4n) is 2.04. The number of hydrogen-bond acceptors (Lipinski definition) is 5. The number of nitrogens with one attached hydrogen (secondary N) is 1. The fraction of sp³-hybridized carbons (Fsp3) is 0.421. The molecule has 0 aliphatic carbocycles. The quantitative estimate of drug-likeness (QED) is 0.576. The Morgan fingerprint density at radius 2 is 1.84 bits per heavy atom. The Morgan fingerprint density at radius 3 is 2.40 bits per heavy atom. The number of benzene rings is 1. The smallest absolute Gasteiger partial charge is 0.331 e. The third-order valence-corrected chi connectivity index (χ3v) is 3.82. The van der Waals surface area contributed by atoms with Crippen LogP contribution in [0.15, 0.2) is 30.3 Å². The summed E-state index contributed by atoms with van der Waals surface area (Å²) in [6, 6.07) is 6.85. The highest BCUT2D eigenvalue weighted by Crippen LogP contribution is 2.09. The van der Waals surface area contributed by atoms with Crippen LogP contribution in [0.4, 0.5) is 0 Å². The molecule has 25 heavy (non-hydrogen) atoms. The van der Waals surface area contributed by atoms with E-state index in [-0.39, 0.29) is 5.92 Å². The summed E-state index contributed by atoms with van der Waals surface area (Å²) in [4.78, 5) is 35.3. The van der Waals surface area contributed by atoms with Gasteiger partial charge in [-0.05, 0) is 24.5 Å². The molecule has 1 rings (SSSR count). The van der Waals surface area contributed by atoms with Crippen molar-refractivity contribution in [2.24, 2.45) is 5.92 Å². The summed E-state index contributed by atoms with van der Waals surface area (Å²) in [5.74, 6) is -1.79. The van der Waals surface area contributed by atoms with Gasteiger partial charge in [0.05, 0.1) is 7.11 Å². The van der Waals surface area contributed by atoms with Gasteiger partial charge in [0.2, 0.25) is 0 Å². The van der Waals surface area contributed by atoms with Gasteiger partial charge in [0.25, 0.3) is 5.91 Å². The van der Waals surface area contributed by atoms with Crippen LogP contribution in [0.5, 0.6) is 0 Å². The van der Waals surface area contributed by atoms with Crippen LogP contribution in [0.25, 0.3) is 6.08 Å². The molecule has 0 fully saturated rings. The minimum absolute atomic E-state index is 0.0893. The van der Waals surface area contributed by atoms with Gasteiger partial charge < -0.3 is 14.8 Å². The second-order valence-corrected chi connectivity index (χ2v) is 5.81. The Bertz CT molecular complexity index is 621. The molecule has 2 atom stereocenters. The molecule has 1 aromatic carbocycles. The lowest BCUT2D eigenvalue weighted by Gasteiger charge is -2.21. The summed E-state index contributed by atoms with van der Waals surface area (Å²) in [6.07, 6.45) is 3.56. The third kappa shape index (κ3) is 7.20. The first-order chi connectivity index (χ1) is 11.9. The van der Waals surface area contributed by atoms with Gasteiger partial charge in [0, 0.05) is 6.08 Å². The predicted molar refractivity (Wildman–Crippen MR) is 94.6 cm³/mol. The molecule has 0 heterocycles. The number of hydrogen-bond donors (Lipinski definition) is 1. The molecule has 6 nitrogen and oxygen atoms in total. The van der Waals surface area contributed by atoms with E-state index in [1.54, 1.807) is 6.08 Å². The molecule has 0 saturated heterocycles. The average Bonchev–Trinajstić information content (AvgIpc) is 2.62. The van der Waals surface area contributed by atoms with Crippen molar-refractivity contribution in [3.05, 3.63) is 41.5 Å². The Hall–Kier alpha value is -2.63. The van der Waals surface area contributed by atoms with E-state index < -0.39 is 30.5 Å². The number of esters is 2. The number of aryl methyl sites for hydroxylation is 1. The van der Waals surface area contributed by atoms with Crippen molar-refractivity contribution in [2.75, 3.05) is 13.7 Å². The Balaban J connectivity index is 2.50. The number of rotatable bonds is 8. The molecule has 0 aliphatic rings. The maximum Gasteiger partial charge on any atom is 0.331 e. The number of methoxy groups -OCH3 is 1. The van der Waals surface area contributed by atoms with Gasteiger partial charge in [0.15, 0.2) is 6.61 Å². The largest absolute Gasteiger partial charge is 0.467 e. The highest BCUT2D eigenvalue weighted by atomic mass is 16.5. The van der Waals surface area contributed by atoms with Gasteiger partial charge in [-0.3, -0.25) is 4.79 Å². The molecular formula is C19H25NO5. The van der Waals surface area contributed by atoms with Crippen LogP contribution >= 0.6 is 0 Å². The lowest BCUT2D eigenvalue weighted by atomic mass is 9.99. The number of carbonyl (C=O) groups is 3. The topological polar surface area (TPSA) is 81.7 Å². The van der Waals surface area contributed by atoms with Gasteiger partial charge in [-0.25, -0.2) is 9.59 Å². The highest BCUT2D eigenvalue weighted by molar-refractivity contribution is 5.90. The summed E-state index contributed by atoms with van der Waals surface area (Å²) < 4.78 is 9.57. The standard InChI is InChI=1S/C19H25NO5/c1-5-14(3)18(19(23)24-4)20-16(21)12-25-17(22)11-10-15-8-6-13(2)7-9-15/h6-11,14,18H,5,12H2,1-4H3,(H,20,21)/b11-10+/t14-,18-/m1/s1. The molecule has 0 spiro atoms. The molecule has 0 aliphatic heterocycles. The molecule has 0 unspecified atom stereocenters.